The van der Waals surface area contributed by atoms with Gasteiger partial charge in [-0.15, -0.1) is 0 Å². The van der Waals surface area contributed by atoms with Crippen molar-refractivity contribution in [1.82, 2.24) is 0 Å². The summed E-state index contributed by atoms with van der Waals surface area (Å²) in [5, 5.41) is 8.87. The Hall–Kier alpha value is -3.02. The molecule has 5 heteroatoms. The van der Waals surface area contributed by atoms with Crippen molar-refractivity contribution < 1.29 is 24.1 Å². The van der Waals surface area contributed by atoms with E-state index >= 15 is 0 Å². The van der Waals surface area contributed by atoms with E-state index in [1.165, 1.54) is 50.5 Å². The molecule has 1 fully saturated rings. The molecule has 1 aliphatic rings. The highest BCUT2D eigenvalue weighted by Crippen LogP contribution is 2.30. The molecule has 0 aliphatic heterocycles. The number of ether oxygens (including phenoxy) is 4. The van der Waals surface area contributed by atoms with Gasteiger partial charge in [-0.2, -0.15) is 0 Å². The number of hydrogen-bond donors (Lipinski definition) is 1. The molecular formula is C37H50O5. The van der Waals surface area contributed by atoms with Crippen molar-refractivity contribution >= 4 is 0 Å². The Morgan fingerprint density at radius 1 is 0.548 bits per heavy atom. The molecule has 0 unspecified atom stereocenters. The van der Waals surface area contributed by atoms with Crippen LogP contribution in [0.1, 0.15) is 76.2 Å². The molecule has 0 radical (unpaired) electrons. The van der Waals surface area contributed by atoms with Gasteiger partial charge in [0.05, 0.1) is 25.9 Å². The van der Waals surface area contributed by atoms with Crippen LogP contribution in [0.15, 0.2) is 72.8 Å². The molecule has 1 saturated carbocycles. The molecule has 0 aromatic heterocycles. The summed E-state index contributed by atoms with van der Waals surface area (Å²) in [6, 6.07) is 24.7. The summed E-state index contributed by atoms with van der Waals surface area (Å²) in [7, 11) is 0. The first-order valence-electron chi connectivity index (χ1n) is 16.1. The van der Waals surface area contributed by atoms with E-state index in [-0.39, 0.29) is 6.61 Å². The standard InChI is InChI=1S/C37H50O5/c1-30-9-17-34(18-10-30)41-28-6-8-31-11-19-35(20-12-31)39-26-4-2-3-5-27-40-36-21-13-32(14-22-36)33-15-23-37(24-16-33)42-29-7-25-38/h9-10,13-18,21-24,31,35,38H,2-8,11-12,19-20,25-29H2,1H3. The van der Waals surface area contributed by atoms with Gasteiger partial charge in [0.15, 0.2) is 0 Å². The predicted molar refractivity (Wildman–Crippen MR) is 171 cm³/mol. The Morgan fingerprint density at radius 3 is 1.57 bits per heavy atom. The highest BCUT2D eigenvalue weighted by Gasteiger charge is 2.21. The molecule has 42 heavy (non-hydrogen) atoms. The van der Waals surface area contributed by atoms with Crippen molar-refractivity contribution in [1.29, 1.82) is 0 Å². The van der Waals surface area contributed by atoms with Crippen LogP contribution in [0.2, 0.25) is 0 Å². The van der Waals surface area contributed by atoms with Gasteiger partial charge in [-0.25, -0.2) is 0 Å². The summed E-state index contributed by atoms with van der Waals surface area (Å²) >= 11 is 0. The van der Waals surface area contributed by atoms with Gasteiger partial charge in [-0.05, 0) is 118 Å². The van der Waals surface area contributed by atoms with E-state index in [9.17, 15) is 0 Å². The quantitative estimate of drug-likeness (QED) is 0.145. The average Bonchev–Trinajstić information content (AvgIpc) is 3.03. The molecule has 1 aliphatic carbocycles. The minimum absolute atomic E-state index is 0.149. The third kappa shape index (κ3) is 11.7. The van der Waals surface area contributed by atoms with Crippen LogP contribution in [0.5, 0.6) is 17.2 Å². The summed E-state index contributed by atoms with van der Waals surface area (Å²) in [4.78, 5) is 0. The number of unbranched alkanes of at least 4 members (excludes halogenated alkanes) is 3. The molecule has 0 spiro atoms. The minimum Gasteiger partial charge on any atom is -0.494 e. The van der Waals surface area contributed by atoms with Gasteiger partial charge >= 0.3 is 0 Å². The van der Waals surface area contributed by atoms with E-state index in [0.29, 0.717) is 19.1 Å². The van der Waals surface area contributed by atoms with Gasteiger partial charge in [0.2, 0.25) is 0 Å². The van der Waals surface area contributed by atoms with Gasteiger partial charge in [0, 0.05) is 19.6 Å². The molecule has 0 amide bonds. The third-order valence-corrected chi connectivity index (χ3v) is 8.11. The van der Waals surface area contributed by atoms with E-state index in [1.807, 2.05) is 24.3 Å². The van der Waals surface area contributed by atoms with Crippen LogP contribution in [0.25, 0.3) is 11.1 Å². The second-order valence-corrected chi connectivity index (χ2v) is 11.6. The van der Waals surface area contributed by atoms with Crippen molar-refractivity contribution in [3.05, 3.63) is 78.4 Å². The van der Waals surface area contributed by atoms with Gasteiger partial charge in [0.25, 0.3) is 0 Å². The Morgan fingerprint density at radius 2 is 1.02 bits per heavy atom. The lowest BCUT2D eigenvalue weighted by Gasteiger charge is -2.28. The van der Waals surface area contributed by atoms with Gasteiger partial charge < -0.3 is 24.1 Å². The van der Waals surface area contributed by atoms with Crippen LogP contribution >= 0.6 is 0 Å². The normalized spacial score (nSPS) is 16.7. The largest absolute Gasteiger partial charge is 0.494 e. The fourth-order valence-corrected chi connectivity index (χ4v) is 5.52. The van der Waals surface area contributed by atoms with Crippen LogP contribution in [0.4, 0.5) is 0 Å². The molecule has 0 saturated heterocycles. The summed E-state index contributed by atoms with van der Waals surface area (Å²) in [5.74, 6) is 3.56. The molecule has 0 atom stereocenters. The molecule has 0 heterocycles. The highest BCUT2D eigenvalue weighted by atomic mass is 16.5. The smallest absolute Gasteiger partial charge is 0.119 e. The monoisotopic (exact) mass is 574 g/mol. The first-order valence-corrected chi connectivity index (χ1v) is 16.1. The first kappa shape index (κ1) is 31.9. The van der Waals surface area contributed by atoms with Crippen molar-refractivity contribution in [2.24, 2.45) is 5.92 Å². The van der Waals surface area contributed by atoms with Gasteiger partial charge in [-0.3, -0.25) is 0 Å². The number of benzene rings is 3. The zero-order valence-corrected chi connectivity index (χ0v) is 25.5. The van der Waals surface area contributed by atoms with Crippen molar-refractivity contribution in [3.8, 4) is 28.4 Å². The molecule has 4 rings (SSSR count). The second kappa shape index (κ2) is 18.5. The molecule has 3 aromatic carbocycles. The van der Waals surface area contributed by atoms with E-state index in [4.69, 9.17) is 24.1 Å². The fraction of sp³-hybridized carbons (Fsp3) is 0.514. The Kier molecular flexibility index (Phi) is 14.1. The summed E-state index contributed by atoms with van der Waals surface area (Å²) in [6.45, 7) is 5.24. The zero-order valence-electron chi connectivity index (χ0n) is 25.5. The number of aliphatic hydroxyl groups is 1. The minimum atomic E-state index is 0.149. The molecule has 1 N–H and O–H groups in total. The van der Waals surface area contributed by atoms with E-state index in [2.05, 4.69) is 55.5 Å². The lowest BCUT2D eigenvalue weighted by molar-refractivity contribution is 0.0148. The van der Waals surface area contributed by atoms with Gasteiger partial charge in [-0.1, -0.05) is 48.4 Å². The van der Waals surface area contributed by atoms with Crippen molar-refractivity contribution in [2.75, 3.05) is 33.0 Å². The van der Waals surface area contributed by atoms with Crippen LogP contribution < -0.4 is 14.2 Å². The predicted octanol–water partition coefficient (Wildman–Crippen LogP) is 8.80. The SMILES string of the molecule is Cc1ccc(OCCCC2CCC(OCCCCCCOc3ccc(-c4ccc(OCCCO)cc4)cc3)CC2)cc1. The maximum atomic E-state index is 8.87. The molecular weight excluding hydrogens is 524 g/mol. The molecule has 0 bridgehead atoms. The van der Waals surface area contributed by atoms with Crippen LogP contribution in [0, 0.1) is 12.8 Å². The van der Waals surface area contributed by atoms with Crippen LogP contribution in [-0.2, 0) is 4.74 Å². The van der Waals surface area contributed by atoms with E-state index < -0.39 is 0 Å². The van der Waals surface area contributed by atoms with E-state index in [0.717, 1.165) is 73.4 Å². The van der Waals surface area contributed by atoms with Crippen LogP contribution in [0.3, 0.4) is 0 Å². The summed E-state index contributed by atoms with van der Waals surface area (Å²) in [6.07, 6.45) is 13.1. The lowest BCUT2D eigenvalue weighted by Crippen LogP contribution is -2.22. The average molecular weight is 575 g/mol. The highest BCUT2D eigenvalue weighted by molar-refractivity contribution is 5.64. The topological polar surface area (TPSA) is 57.2 Å². The Labute approximate surface area is 253 Å². The summed E-state index contributed by atoms with van der Waals surface area (Å²) in [5.41, 5.74) is 3.57. The fourth-order valence-electron chi connectivity index (χ4n) is 5.52. The summed E-state index contributed by atoms with van der Waals surface area (Å²) < 4.78 is 23.7. The number of hydrogen-bond acceptors (Lipinski definition) is 5. The number of rotatable bonds is 19. The third-order valence-electron chi connectivity index (χ3n) is 8.11. The lowest BCUT2D eigenvalue weighted by atomic mass is 9.84. The molecule has 5 nitrogen and oxygen atoms in total. The molecule has 228 valence electrons. The van der Waals surface area contributed by atoms with Crippen molar-refractivity contribution in [2.45, 2.75) is 83.7 Å². The molecule has 3 aromatic rings. The van der Waals surface area contributed by atoms with Gasteiger partial charge in [0.1, 0.15) is 17.2 Å². The number of aliphatic hydroxyl groups excluding tert-OH is 1. The maximum Gasteiger partial charge on any atom is 0.119 e. The maximum absolute atomic E-state index is 8.87. The van der Waals surface area contributed by atoms with Crippen LogP contribution in [-0.4, -0.2) is 44.2 Å². The zero-order chi connectivity index (χ0) is 29.2. The first-order chi connectivity index (χ1) is 20.7. The Balaban J connectivity index is 0.973. The number of aryl methyl sites for hydroxylation is 1. The van der Waals surface area contributed by atoms with E-state index in [1.54, 1.807) is 0 Å². The second-order valence-electron chi connectivity index (χ2n) is 11.6. The van der Waals surface area contributed by atoms with Crippen molar-refractivity contribution in [3.63, 3.8) is 0 Å². The Bertz CT molecular complexity index is 1100.